The predicted molar refractivity (Wildman–Crippen MR) is 104 cm³/mol. The van der Waals surface area contributed by atoms with Crippen molar-refractivity contribution in [2.75, 3.05) is 18.0 Å². The molecule has 7 heteroatoms. The highest BCUT2D eigenvalue weighted by molar-refractivity contribution is 5.93. The molecule has 2 heterocycles. The van der Waals surface area contributed by atoms with Crippen LogP contribution in [0.3, 0.4) is 0 Å². The minimum atomic E-state index is -0.563. The van der Waals surface area contributed by atoms with E-state index in [0.717, 1.165) is 37.2 Å². The van der Waals surface area contributed by atoms with Crippen LogP contribution in [0, 0.1) is 0 Å². The van der Waals surface area contributed by atoms with Crippen LogP contribution in [0.1, 0.15) is 28.9 Å². The average Bonchev–Trinajstić information content (AvgIpc) is 3.13. The van der Waals surface area contributed by atoms with E-state index >= 15 is 0 Å². The summed E-state index contributed by atoms with van der Waals surface area (Å²) in [6, 6.07) is 11.6. The molecule has 3 N–H and O–H groups in total. The van der Waals surface area contributed by atoms with Gasteiger partial charge in [0.2, 0.25) is 0 Å². The zero-order valence-corrected chi connectivity index (χ0v) is 15.3. The molecular formula is C20H24N4O3. The maximum Gasteiger partial charge on any atom is 0.268 e. The van der Waals surface area contributed by atoms with Gasteiger partial charge in [-0.2, -0.15) is 0 Å². The molecule has 0 saturated carbocycles. The van der Waals surface area contributed by atoms with Crippen LogP contribution in [0.25, 0.3) is 6.08 Å². The monoisotopic (exact) mass is 368 g/mol. The number of carbonyl (C=O) groups is 2. The van der Waals surface area contributed by atoms with Gasteiger partial charge in [0.1, 0.15) is 5.69 Å². The molecule has 2 aromatic rings. The summed E-state index contributed by atoms with van der Waals surface area (Å²) in [5, 5.41) is 11.7. The summed E-state index contributed by atoms with van der Waals surface area (Å²) in [5.74, 6) is -0.605. The number of hydroxylamine groups is 1. The zero-order valence-electron chi connectivity index (χ0n) is 15.3. The van der Waals surface area contributed by atoms with Gasteiger partial charge < -0.3 is 14.8 Å². The van der Waals surface area contributed by atoms with Gasteiger partial charge in [0, 0.05) is 44.1 Å². The first-order valence-electron chi connectivity index (χ1n) is 8.97. The van der Waals surface area contributed by atoms with Crippen LogP contribution in [0.4, 0.5) is 5.69 Å². The van der Waals surface area contributed by atoms with Crippen LogP contribution in [0.5, 0.6) is 0 Å². The Kier molecular flexibility index (Phi) is 5.93. The molecule has 1 aliphatic rings. The Morgan fingerprint density at radius 2 is 1.89 bits per heavy atom. The molecule has 1 aromatic carbocycles. The van der Waals surface area contributed by atoms with Crippen molar-refractivity contribution >= 4 is 23.6 Å². The van der Waals surface area contributed by atoms with E-state index in [0.29, 0.717) is 5.69 Å². The lowest BCUT2D eigenvalue weighted by Crippen LogP contribution is -2.45. The average molecular weight is 368 g/mol. The van der Waals surface area contributed by atoms with E-state index in [4.69, 9.17) is 5.21 Å². The number of hydrogen-bond donors (Lipinski definition) is 3. The molecule has 27 heavy (non-hydrogen) atoms. The predicted octanol–water partition coefficient (Wildman–Crippen LogP) is 1.94. The molecule has 2 amide bonds. The van der Waals surface area contributed by atoms with Crippen molar-refractivity contribution < 1.29 is 14.8 Å². The van der Waals surface area contributed by atoms with Gasteiger partial charge in [-0.3, -0.25) is 14.8 Å². The summed E-state index contributed by atoms with van der Waals surface area (Å²) >= 11 is 0. The molecule has 142 valence electrons. The molecule has 0 radical (unpaired) electrons. The number of aromatic nitrogens is 1. The van der Waals surface area contributed by atoms with E-state index in [1.165, 1.54) is 6.08 Å². The number of piperidine rings is 1. The molecule has 0 spiro atoms. The molecular weight excluding hydrogens is 344 g/mol. The lowest BCUT2D eigenvalue weighted by atomic mass is 10.0. The van der Waals surface area contributed by atoms with Crippen molar-refractivity contribution in [1.82, 2.24) is 15.4 Å². The first kappa shape index (κ1) is 18.7. The molecule has 0 unspecified atom stereocenters. The highest BCUT2D eigenvalue weighted by Gasteiger charge is 2.22. The van der Waals surface area contributed by atoms with Crippen LogP contribution < -0.4 is 15.7 Å². The lowest BCUT2D eigenvalue weighted by molar-refractivity contribution is -0.124. The first-order chi connectivity index (χ1) is 13.1. The summed E-state index contributed by atoms with van der Waals surface area (Å²) < 4.78 is 1.82. The Labute approximate surface area is 158 Å². The van der Waals surface area contributed by atoms with Crippen LogP contribution >= 0.6 is 0 Å². The van der Waals surface area contributed by atoms with Crippen LogP contribution in [-0.2, 0) is 11.8 Å². The number of anilines is 1. The molecule has 7 nitrogen and oxygen atoms in total. The third-order valence-electron chi connectivity index (χ3n) is 4.81. The molecule has 1 aliphatic heterocycles. The largest absolute Gasteiger partial charge is 0.371 e. The number of benzene rings is 1. The van der Waals surface area contributed by atoms with Crippen molar-refractivity contribution in [2.45, 2.75) is 18.9 Å². The second-order valence-electron chi connectivity index (χ2n) is 6.61. The minimum Gasteiger partial charge on any atom is -0.371 e. The number of nitrogens with one attached hydrogen (secondary N) is 2. The summed E-state index contributed by atoms with van der Waals surface area (Å²) in [5.41, 5.74) is 4.20. The molecule has 0 bridgehead atoms. The first-order valence-corrected chi connectivity index (χ1v) is 8.97. The topological polar surface area (TPSA) is 86.6 Å². The van der Waals surface area contributed by atoms with Crippen molar-refractivity contribution in [3.63, 3.8) is 0 Å². The Bertz CT molecular complexity index is 835. The normalized spacial score (nSPS) is 15.1. The summed E-state index contributed by atoms with van der Waals surface area (Å²) in [6.07, 6.45) is 6.55. The third-order valence-corrected chi connectivity index (χ3v) is 4.81. The number of amides is 2. The summed E-state index contributed by atoms with van der Waals surface area (Å²) in [7, 11) is 1.86. The molecule has 1 fully saturated rings. The van der Waals surface area contributed by atoms with Crippen molar-refractivity contribution in [1.29, 1.82) is 0 Å². The maximum absolute atomic E-state index is 12.4. The second-order valence-corrected chi connectivity index (χ2v) is 6.61. The summed E-state index contributed by atoms with van der Waals surface area (Å²) in [4.78, 5) is 25.9. The van der Waals surface area contributed by atoms with Crippen LogP contribution in [-0.4, -0.2) is 40.7 Å². The molecule has 0 atom stereocenters. The number of aryl methyl sites for hydroxylation is 1. The SMILES string of the molecule is Cn1cccc1C(=O)NC1CCN(c2ccccc2/C=C/C(=O)NO)CC1. The zero-order chi connectivity index (χ0) is 19.2. The Morgan fingerprint density at radius 1 is 1.15 bits per heavy atom. The maximum atomic E-state index is 12.4. The molecule has 3 rings (SSSR count). The highest BCUT2D eigenvalue weighted by atomic mass is 16.5. The van der Waals surface area contributed by atoms with Gasteiger partial charge in [-0.25, -0.2) is 5.48 Å². The van der Waals surface area contributed by atoms with Crippen molar-refractivity contribution in [3.8, 4) is 0 Å². The van der Waals surface area contributed by atoms with Gasteiger partial charge in [-0.15, -0.1) is 0 Å². The van der Waals surface area contributed by atoms with E-state index in [2.05, 4.69) is 10.2 Å². The fraction of sp³-hybridized carbons (Fsp3) is 0.300. The number of hydrogen-bond acceptors (Lipinski definition) is 4. The van der Waals surface area contributed by atoms with Gasteiger partial charge in [0.15, 0.2) is 0 Å². The molecule has 0 aliphatic carbocycles. The van der Waals surface area contributed by atoms with E-state index in [1.807, 2.05) is 54.2 Å². The second kappa shape index (κ2) is 8.55. The smallest absolute Gasteiger partial charge is 0.268 e. The quantitative estimate of drug-likeness (QED) is 0.428. The van der Waals surface area contributed by atoms with Gasteiger partial charge in [-0.05, 0) is 42.7 Å². The van der Waals surface area contributed by atoms with Gasteiger partial charge in [0.05, 0.1) is 0 Å². The van der Waals surface area contributed by atoms with Crippen LogP contribution in [0.15, 0.2) is 48.7 Å². The highest BCUT2D eigenvalue weighted by Crippen LogP contribution is 2.25. The standard InChI is InChI=1S/C20H24N4O3/c1-23-12-4-7-18(23)20(26)21-16-10-13-24(14-11-16)17-6-3-2-5-15(17)8-9-19(25)22-27/h2-9,12,16,27H,10-11,13-14H2,1H3,(H,21,26)(H,22,25)/b9-8+. The van der Waals surface area contributed by atoms with Crippen molar-refractivity contribution in [3.05, 3.63) is 59.9 Å². The van der Waals surface area contributed by atoms with Gasteiger partial charge in [-0.1, -0.05) is 18.2 Å². The number of para-hydroxylation sites is 1. The van der Waals surface area contributed by atoms with E-state index in [1.54, 1.807) is 11.6 Å². The number of nitrogens with zero attached hydrogens (tertiary/aromatic N) is 2. The molecule has 1 saturated heterocycles. The van der Waals surface area contributed by atoms with Gasteiger partial charge in [0.25, 0.3) is 11.8 Å². The van der Waals surface area contributed by atoms with E-state index in [-0.39, 0.29) is 11.9 Å². The summed E-state index contributed by atoms with van der Waals surface area (Å²) in [6.45, 7) is 1.63. The van der Waals surface area contributed by atoms with Crippen molar-refractivity contribution in [2.24, 2.45) is 7.05 Å². The van der Waals surface area contributed by atoms with E-state index < -0.39 is 5.91 Å². The Morgan fingerprint density at radius 3 is 2.56 bits per heavy atom. The van der Waals surface area contributed by atoms with E-state index in [9.17, 15) is 9.59 Å². The molecule has 1 aromatic heterocycles. The number of carbonyl (C=O) groups excluding carboxylic acids is 2. The Balaban J connectivity index is 1.61. The Hall–Kier alpha value is -3.06. The minimum absolute atomic E-state index is 0.0423. The fourth-order valence-electron chi connectivity index (χ4n) is 3.34. The third kappa shape index (κ3) is 4.57. The number of rotatable bonds is 5. The van der Waals surface area contributed by atoms with Gasteiger partial charge >= 0.3 is 0 Å². The fourth-order valence-corrected chi connectivity index (χ4v) is 3.34. The lowest BCUT2D eigenvalue weighted by Gasteiger charge is -2.34. The van der Waals surface area contributed by atoms with Crippen LogP contribution in [0.2, 0.25) is 0 Å².